The SMILES string of the molecule is COc1ccc(Oc2ccc(C)cc2CCl)c([N+](=O)[O-])c1. The quantitative estimate of drug-likeness (QED) is 0.465. The van der Waals surface area contributed by atoms with Crippen molar-refractivity contribution in [2.45, 2.75) is 12.8 Å². The lowest BCUT2D eigenvalue weighted by Gasteiger charge is -2.11. The second-order valence-electron chi connectivity index (χ2n) is 4.44. The molecule has 0 aliphatic rings. The second kappa shape index (κ2) is 6.45. The van der Waals surface area contributed by atoms with E-state index >= 15 is 0 Å². The zero-order chi connectivity index (χ0) is 15.4. The molecule has 2 aromatic rings. The van der Waals surface area contributed by atoms with Crippen LogP contribution in [-0.4, -0.2) is 12.0 Å². The Morgan fingerprint density at radius 1 is 1.19 bits per heavy atom. The summed E-state index contributed by atoms with van der Waals surface area (Å²) in [6.45, 7) is 1.94. The number of rotatable bonds is 5. The van der Waals surface area contributed by atoms with Gasteiger partial charge < -0.3 is 9.47 Å². The number of nitro groups is 1. The van der Waals surface area contributed by atoms with Gasteiger partial charge >= 0.3 is 5.69 Å². The first-order valence-corrected chi connectivity index (χ1v) is 6.74. The molecule has 2 aromatic carbocycles. The maximum atomic E-state index is 11.1. The van der Waals surface area contributed by atoms with Crippen LogP contribution < -0.4 is 9.47 Å². The highest BCUT2D eigenvalue weighted by Crippen LogP contribution is 2.36. The first-order valence-electron chi connectivity index (χ1n) is 6.21. The van der Waals surface area contributed by atoms with Crippen molar-refractivity contribution in [3.05, 3.63) is 57.6 Å². The minimum atomic E-state index is -0.508. The molecule has 0 aromatic heterocycles. The van der Waals surface area contributed by atoms with Gasteiger partial charge in [-0.05, 0) is 25.1 Å². The Labute approximate surface area is 127 Å². The fraction of sp³-hybridized carbons (Fsp3) is 0.200. The molecule has 2 rings (SSSR count). The van der Waals surface area contributed by atoms with Gasteiger partial charge in [0.05, 0.1) is 24.0 Å². The van der Waals surface area contributed by atoms with Crippen molar-refractivity contribution in [3.63, 3.8) is 0 Å². The molecule has 0 amide bonds. The van der Waals surface area contributed by atoms with Gasteiger partial charge in [0.25, 0.3) is 0 Å². The molecule has 0 saturated heterocycles. The standard InChI is InChI=1S/C15H14ClNO4/c1-10-3-5-14(11(7-10)9-16)21-15-6-4-12(20-2)8-13(15)17(18)19/h3-8H,9H2,1-2H3. The molecule has 0 N–H and O–H groups in total. The van der Waals surface area contributed by atoms with Crippen LogP contribution in [0.4, 0.5) is 5.69 Å². The molecule has 5 nitrogen and oxygen atoms in total. The van der Waals surface area contributed by atoms with Crippen LogP contribution in [0.25, 0.3) is 0 Å². The Bertz CT molecular complexity index is 673. The number of nitro benzene ring substituents is 1. The highest BCUT2D eigenvalue weighted by atomic mass is 35.5. The minimum absolute atomic E-state index is 0.149. The molecule has 21 heavy (non-hydrogen) atoms. The zero-order valence-electron chi connectivity index (χ0n) is 11.6. The number of benzene rings is 2. The third-order valence-electron chi connectivity index (χ3n) is 2.94. The lowest BCUT2D eigenvalue weighted by molar-refractivity contribution is -0.385. The predicted octanol–water partition coefficient (Wildman–Crippen LogP) is 4.44. The summed E-state index contributed by atoms with van der Waals surface area (Å²) in [6, 6.07) is 9.94. The molecule has 110 valence electrons. The van der Waals surface area contributed by atoms with Gasteiger partial charge in [-0.3, -0.25) is 10.1 Å². The van der Waals surface area contributed by atoms with Gasteiger partial charge in [0.1, 0.15) is 11.5 Å². The fourth-order valence-corrected chi connectivity index (χ4v) is 2.09. The average molecular weight is 308 g/mol. The molecule has 0 fully saturated rings. The molecule has 0 aliphatic carbocycles. The van der Waals surface area contributed by atoms with Crippen LogP contribution >= 0.6 is 11.6 Å². The Kier molecular flexibility index (Phi) is 4.65. The monoisotopic (exact) mass is 307 g/mol. The van der Waals surface area contributed by atoms with Gasteiger partial charge in [-0.25, -0.2) is 0 Å². The third-order valence-corrected chi connectivity index (χ3v) is 3.23. The van der Waals surface area contributed by atoms with E-state index in [2.05, 4.69) is 0 Å². The van der Waals surface area contributed by atoms with Gasteiger partial charge in [0.2, 0.25) is 5.75 Å². The van der Waals surface area contributed by atoms with Crippen LogP contribution in [0.1, 0.15) is 11.1 Å². The highest BCUT2D eigenvalue weighted by Gasteiger charge is 2.18. The van der Waals surface area contributed by atoms with Crippen molar-refractivity contribution in [1.82, 2.24) is 0 Å². The van der Waals surface area contributed by atoms with Crippen LogP contribution in [0, 0.1) is 17.0 Å². The van der Waals surface area contributed by atoms with Crippen molar-refractivity contribution >= 4 is 17.3 Å². The van der Waals surface area contributed by atoms with Crippen LogP contribution in [0.15, 0.2) is 36.4 Å². The molecule has 0 radical (unpaired) electrons. The lowest BCUT2D eigenvalue weighted by atomic mass is 10.1. The van der Waals surface area contributed by atoms with Crippen LogP contribution in [0.5, 0.6) is 17.2 Å². The Balaban J connectivity index is 2.42. The zero-order valence-corrected chi connectivity index (χ0v) is 12.4. The molecular weight excluding hydrogens is 294 g/mol. The van der Waals surface area contributed by atoms with Gasteiger partial charge in [-0.15, -0.1) is 11.6 Å². The molecule has 0 aliphatic heterocycles. The van der Waals surface area contributed by atoms with Gasteiger partial charge in [-0.2, -0.15) is 0 Å². The molecule has 0 saturated carbocycles. The van der Waals surface area contributed by atoms with Crippen LogP contribution in [0.2, 0.25) is 0 Å². The summed E-state index contributed by atoms with van der Waals surface area (Å²) in [4.78, 5) is 10.6. The van der Waals surface area contributed by atoms with Gasteiger partial charge in [0, 0.05) is 5.56 Å². The van der Waals surface area contributed by atoms with Gasteiger partial charge in [0.15, 0.2) is 0 Å². The number of aryl methyl sites for hydroxylation is 1. The highest BCUT2D eigenvalue weighted by molar-refractivity contribution is 6.17. The van der Waals surface area contributed by atoms with Crippen LogP contribution in [-0.2, 0) is 5.88 Å². The summed E-state index contributed by atoms with van der Waals surface area (Å²) in [7, 11) is 1.45. The smallest absolute Gasteiger partial charge is 0.315 e. The molecule has 0 spiro atoms. The van der Waals surface area contributed by atoms with E-state index in [1.807, 2.05) is 19.1 Å². The molecule has 0 atom stereocenters. The molecular formula is C15H14ClNO4. The average Bonchev–Trinajstić information content (AvgIpc) is 2.49. The van der Waals surface area contributed by atoms with E-state index in [9.17, 15) is 10.1 Å². The summed E-state index contributed by atoms with van der Waals surface area (Å²) in [6.07, 6.45) is 0. The second-order valence-corrected chi connectivity index (χ2v) is 4.70. The normalized spacial score (nSPS) is 10.2. The third kappa shape index (κ3) is 3.44. The number of methoxy groups -OCH3 is 1. The van der Waals surface area contributed by atoms with Crippen molar-refractivity contribution in [1.29, 1.82) is 0 Å². The fourth-order valence-electron chi connectivity index (χ4n) is 1.88. The van der Waals surface area contributed by atoms with Crippen LogP contribution in [0.3, 0.4) is 0 Å². The summed E-state index contributed by atoms with van der Waals surface area (Å²) < 4.78 is 10.7. The summed E-state index contributed by atoms with van der Waals surface area (Å²) in [5.41, 5.74) is 1.67. The topological polar surface area (TPSA) is 61.6 Å². The summed E-state index contributed by atoms with van der Waals surface area (Å²) >= 11 is 5.89. The number of halogens is 1. The largest absolute Gasteiger partial charge is 0.496 e. The molecule has 0 unspecified atom stereocenters. The maximum Gasteiger partial charge on any atom is 0.315 e. The minimum Gasteiger partial charge on any atom is -0.496 e. The number of hydrogen-bond acceptors (Lipinski definition) is 4. The summed E-state index contributed by atoms with van der Waals surface area (Å²) in [5, 5.41) is 11.1. The molecule has 6 heteroatoms. The van der Waals surface area contributed by atoms with Crippen molar-refractivity contribution in [3.8, 4) is 17.2 Å². The Morgan fingerprint density at radius 3 is 2.52 bits per heavy atom. The van der Waals surface area contributed by atoms with E-state index in [1.54, 1.807) is 12.1 Å². The van der Waals surface area contributed by atoms with E-state index < -0.39 is 4.92 Å². The first-order chi connectivity index (χ1) is 10.0. The molecule has 0 bridgehead atoms. The lowest BCUT2D eigenvalue weighted by Crippen LogP contribution is -1.96. The van der Waals surface area contributed by atoms with Gasteiger partial charge in [-0.1, -0.05) is 17.7 Å². The van der Waals surface area contributed by atoms with Crippen molar-refractivity contribution in [2.75, 3.05) is 7.11 Å². The number of ether oxygens (including phenoxy) is 2. The predicted molar refractivity (Wildman–Crippen MR) is 80.5 cm³/mol. The van der Waals surface area contributed by atoms with E-state index in [1.165, 1.54) is 19.2 Å². The summed E-state index contributed by atoms with van der Waals surface area (Å²) in [5.74, 6) is 1.32. The number of nitrogens with zero attached hydrogens (tertiary/aromatic N) is 1. The van der Waals surface area contributed by atoms with E-state index in [0.717, 1.165) is 11.1 Å². The van der Waals surface area contributed by atoms with E-state index in [4.69, 9.17) is 21.1 Å². The number of hydrogen-bond donors (Lipinski definition) is 0. The Morgan fingerprint density at radius 2 is 1.90 bits per heavy atom. The van der Waals surface area contributed by atoms with E-state index in [0.29, 0.717) is 11.5 Å². The molecule has 0 heterocycles. The Hall–Kier alpha value is -2.27. The van der Waals surface area contributed by atoms with E-state index in [-0.39, 0.29) is 17.3 Å². The number of alkyl halides is 1. The first kappa shape index (κ1) is 15.1. The van der Waals surface area contributed by atoms with Crippen molar-refractivity contribution in [2.24, 2.45) is 0 Å². The van der Waals surface area contributed by atoms with Crippen molar-refractivity contribution < 1.29 is 14.4 Å². The maximum absolute atomic E-state index is 11.1.